The summed E-state index contributed by atoms with van der Waals surface area (Å²) in [6, 6.07) is 4.92. The number of anilines is 1. The number of hydrogen-bond donors (Lipinski definition) is 2. The van der Waals surface area contributed by atoms with E-state index in [0.717, 1.165) is 0 Å². The molecular formula is C15H18ClN3O3. The maximum atomic E-state index is 12.0. The van der Waals surface area contributed by atoms with E-state index in [-0.39, 0.29) is 31.4 Å². The number of carbonyl (C=O) groups excluding carboxylic acids is 2. The zero-order valence-electron chi connectivity index (χ0n) is 12.5. The molecule has 7 heteroatoms. The Labute approximate surface area is 134 Å². The van der Waals surface area contributed by atoms with Gasteiger partial charge in [0, 0.05) is 5.02 Å². The molecule has 1 aromatic carbocycles. The highest BCUT2D eigenvalue weighted by Gasteiger charge is 2.12. The number of likely N-dealkylation sites (N-methyl/N-ethyl adjacent to an activating group) is 1. The van der Waals surface area contributed by atoms with Crippen molar-refractivity contribution in [3.05, 3.63) is 23.2 Å². The molecule has 0 aliphatic heterocycles. The second kappa shape index (κ2) is 8.93. The molecule has 1 aromatic rings. The van der Waals surface area contributed by atoms with Crippen LogP contribution in [0, 0.1) is 12.3 Å². The van der Waals surface area contributed by atoms with Crippen LogP contribution >= 0.6 is 11.6 Å². The van der Waals surface area contributed by atoms with E-state index in [9.17, 15) is 9.59 Å². The molecule has 0 spiro atoms. The molecule has 0 aliphatic rings. The normalized spacial score (nSPS) is 9.95. The smallest absolute Gasteiger partial charge is 0.238 e. The van der Waals surface area contributed by atoms with Crippen LogP contribution in [0.3, 0.4) is 0 Å². The molecule has 0 fully saturated rings. The van der Waals surface area contributed by atoms with Gasteiger partial charge in [-0.1, -0.05) is 17.5 Å². The van der Waals surface area contributed by atoms with E-state index in [2.05, 4.69) is 16.6 Å². The van der Waals surface area contributed by atoms with Gasteiger partial charge in [0.25, 0.3) is 0 Å². The Hall–Kier alpha value is -2.23. The second-order valence-electron chi connectivity index (χ2n) is 4.55. The van der Waals surface area contributed by atoms with Crippen molar-refractivity contribution in [2.75, 3.05) is 39.1 Å². The molecule has 0 aromatic heterocycles. The lowest BCUT2D eigenvalue weighted by Gasteiger charge is -2.16. The van der Waals surface area contributed by atoms with Crippen LogP contribution in [0.15, 0.2) is 18.2 Å². The quantitative estimate of drug-likeness (QED) is 0.734. The average Bonchev–Trinajstić information content (AvgIpc) is 2.45. The average molecular weight is 324 g/mol. The van der Waals surface area contributed by atoms with Gasteiger partial charge in [0.05, 0.1) is 32.4 Å². The first-order valence-corrected chi connectivity index (χ1v) is 6.86. The van der Waals surface area contributed by atoms with Crippen LogP contribution in [0.4, 0.5) is 5.69 Å². The van der Waals surface area contributed by atoms with Crippen LogP contribution in [0.1, 0.15) is 0 Å². The van der Waals surface area contributed by atoms with E-state index < -0.39 is 0 Å². The predicted molar refractivity (Wildman–Crippen MR) is 86.0 cm³/mol. The lowest BCUT2D eigenvalue weighted by Crippen LogP contribution is -2.39. The van der Waals surface area contributed by atoms with Crippen LogP contribution in [-0.2, 0) is 9.59 Å². The van der Waals surface area contributed by atoms with Crippen molar-refractivity contribution in [1.29, 1.82) is 0 Å². The van der Waals surface area contributed by atoms with Crippen LogP contribution in [0.25, 0.3) is 0 Å². The monoisotopic (exact) mass is 323 g/mol. The molecule has 0 heterocycles. The van der Waals surface area contributed by atoms with Crippen LogP contribution in [0.2, 0.25) is 5.02 Å². The Morgan fingerprint density at radius 2 is 2.05 bits per heavy atom. The number of halogens is 1. The van der Waals surface area contributed by atoms with E-state index >= 15 is 0 Å². The zero-order valence-corrected chi connectivity index (χ0v) is 13.2. The summed E-state index contributed by atoms with van der Waals surface area (Å²) in [6.07, 6.45) is 5.05. The number of benzene rings is 1. The number of nitrogens with one attached hydrogen (secondary N) is 2. The van der Waals surface area contributed by atoms with Gasteiger partial charge in [0.2, 0.25) is 11.8 Å². The largest absolute Gasteiger partial charge is 0.495 e. The molecule has 1 rings (SSSR count). The van der Waals surface area contributed by atoms with Crippen molar-refractivity contribution < 1.29 is 14.3 Å². The summed E-state index contributed by atoms with van der Waals surface area (Å²) in [5.74, 6) is 2.29. The third kappa shape index (κ3) is 6.04. The summed E-state index contributed by atoms with van der Waals surface area (Å²) >= 11 is 5.89. The molecule has 0 saturated carbocycles. The van der Waals surface area contributed by atoms with Gasteiger partial charge in [0.15, 0.2) is 0 Å². The number of terminal acetylenes is 1. The third-order valence-electron chi connectivity index (χ3n) is 2.65. The van der Waals surface area contributed by atoms with Gasteiger partial charge in [-0.15, -0.1) is 6.42 Å². The Bertz CT molecular complexity index is 584. The molecule has 2 amide bonds. The van der Waals surface area contributed by atoms with Gasteiger partial charge in [0.1, 0.15) is 5.75 Å². The van der Waals surface area contributed by atoms with Crippen LogP contribution < -0.4 is 15.4 Å². The number of hydrogen-bond acceptors (Lipinski definition) is 4. The number of ether oxygens (including phenoxy) is 1. The van der Waals surface area contributed by atoms with Crippen molar-refractivity contribution in [3.63, 3.8) is 0 Å². The van der Waals surface area contributed by atoms with Gasteiger partial charge < -0.3 is 15.4 Å². The molecule has 0 unspecified atom stereocenters. The van der Waals surface area contributed by atoms with Gasteiger partial charge in [-0.2, -0.15) is 0 Å². The van der Waals surface area contributed by atoms with Gasteiger partial charge >= 0.3 is 0 Å². The third-order valence-corrected chi connectivity index (χ3v) is 2.89. The molecular weight excluding hydrogens is 306 g/mol. The summed E-state index contributed by atoms with van der Waals surface area (Å²) in [6.45, 7) is 0.277. The molecule has 2 N–H and O–H groups in total. The van der Waals surface area contributed by atoms with E-state index in [1.165, 1.54) is 7.11 Å². The molecule has 0 atom stereocenters. The second-order valence-corrected chi connectivity index (χ2v) is 4.98. The molecule has 22 heavy (non-hydrogen) atoms. The minimum absolute atomic E-state index is 0.0408. The molecule has 0 bridgehead atoms. The highest BCUT2D eigenvalue weighted by atomic mass is 35.5. The van der Waals surface area contributed by atoms with Crippen LogP contribution in [-0.4, -0.2) is 50.5 Å². The molecule has 6 nitrogen and oxygen atoms in total. The lowest BCUT2D eigenvalue weighted by molar-refractivity contribution is -0.122. The molecule has 0 saturated heterocycles. The number of rotatable bonds is 7. The summed E-state index contributed by atoms with van der Waals surface area (Å²) in [5, 5.41) is 5.71. The van der Waals surface area contributed by atoms with Crippen molar-refractivity contribution in [3.8, 4) is 18.1 Å². The summed E-state index contributed by atoms with van der Waals surface area (Å²) in [4.78, 5) is 25.0. The number of amides is 2. The van der Waals surface area contributed by atoms with Gasteiger partial charge in [-0.25, -0.2) is 0 Å². The topological polar surface area (TPSA) is 70.7 Å². The first kappa shape index (κ1) is 17.8. The summed E-state index contributed by atoms with van der Waals surface area (Å²) < 4.78 is 5.15. The minimum atomic E-state index is -0.284. The highest BCUT2D eigenvalue weighted by Crippen LogP contribution is 2.27. The maximum absolute atomic E-state index is 12.0. The Morgan fingerprint density at radius 3 is 2.68 bits per heavy atom. The van der Waals surface area contributed by atoms with E-state index in [4.69, 9.17) is 22.8 Å². The van der Waals surface area contributed by atoms with Gasteiger partial charge in [-0.3, -0.25) is 14.5 Å². The van der Waals surface area contributed by atoms with Gasteiger partial charge in [-0.05, 0) is 25.2 Å². The van der Waals surface area contributed by atoms with Crippen molar-refractivity contribution in [2.45, 2.75) is 0 Å². The summed E-state index contributed by atoms with van der Waals surface area (Å²) in [5.41, 5.74) is 0.477. The summed E-state index contributed by atoms with van der Waals surface area (Å²) in [7, 11) is 3.16. The number of carbonyl (C=O) groups is 2. The van der Waals surface area contributed by atoms with E-state index in [1.54, 1.807) is 30.1 Å². The zero-order chi connectivity index (χ0) is 16.5. The van der Waals surface area contributed by atoms with E-state index in [0.29, 0.717) is 16.5 Å². The Balaban J connectivity index is 2.54. The molecule has 0 radical (unpaired) electrons. The predicted octanol–water partition coefficient (Wildman–Crippen LogP) is 0.968. The SMILES string of the molecule is C#CCNC(=O)CN(C)CC(=O)Nc1cc(Cl)ccc1OC. The fourth-order valence-corrected chi connectivity index (χ4v) is 1.89. The van der Waals surface area contributed by atoms with Crippen molar-refractivity contribution >= 4 is 29.1 Å². The maximum Gasteiger partial charge on any atom is 0.238 e. The van der Waals surface area contributed by atoms with Crippen molar-refractivity contribution in [1.82, 2.24) is 10.2 Å². The van der Waals surface area contributed by atoms with E-state index in [1.807, 2.05) is 0 Å². The first-order chi connectivity index (χ1) is 10.5. The lowest BCUT2D eigenvalue weighted by atomic mass is 10.3. The highest BCUT2D eigenvalue weighted by molar-refractivity contribution is 6.31. The molecule has 118 valence electrons. The Kier molecular flexibility index (Phi) is 7.23. The first-order valence-electron chi connectivity index (χ1n) is 6.48. The number of nitrogens with zero attached hydrogens (tertiary/aromatic N) is 1. The fourth-order valence-electron chi connectivity index (χ4n) is 1.72. The molecule has 0 aliphatic carbocycles. The Morgan fingerprint density at radius 1 is 1.36 bits per heavy atom. The fraction of sp³-hybridized carbons (Fsp3) is 0.333. The number of methoxy groups -OCH3 is 1. The standard InChI is InChI=1S/C15H18ClN3O3/c1-4-7-17-14(20)9-19(2)10-15(21)18-12-8-11(16)5-6-13(12)22-3/h1,5-6,8H,7,9-10H2,2-3H3,(H,17,20)(H,18,21). The van der Waals surface area contributed by atoms with Crippen LogP contribution in [0.5, 0.6) is 5.75 Å². The minimum Gasteiger partial charge on any atom is -0.495 e. The van der Waals surface area contributed by atoms with Crippen molar-refractivity contribution in [2.24, 2.45) is 0 Å².